The van der Waals surface area contributed by atoms with Crippen LogP contribution in [0.1, 0.15) is 31.8 Å². The van der Waals surface area contributed by atoms with Crippen LogP contribution in [0.4, 0.5) is 8.78 Å². The van der Waals surface area contributed by atoms with Crippen molar-refractivity contribution in [3.8, 4) is 11.1 Å². The van der Waals surface area contributed by atoms with Crippen LogP contribution < -0.4 is 5.73 Å². The van der Waals surface area contributed by atoms with Crippen LogP contribution in [0.3, 0.4) is 0 Å². The predicted octanol–water partition coefficient (Wildman–Crippen LogP) is 3.93. The third-order valence-corrected chi connectivity index (χ3v) is 5.20. The van der Waals surface area contributed by atoms with Crippen molar-refractivity contribution in [1.29, 1.82) is 0 Å². The first-order valence-corrected chi connectivity index (χ1v) is 9.19. The maximum Gasteiger partial charge on any atom is 0.257 e. The number of hydrogen-bond donors (Lipinski definition) is 1. The van der Waals surface area contributed by atoms with Gasteiger partial charge in [-0.2, -0.15) is 0 Å². The molecule has 0 saturated carbocycles. The fourth-order valence-electron chi connectivity index (χ4n) is 3.69. The quantitative estimate of drug-likeness (QED) is 0.734. The molecule has 0 atom stereocenters. The molecule has 29 heavy (non-hydrogen) atoms. The fourth-order valence-corrected chi connectivity index (χ4v) is 3.69. The van der Waals surface area contributed by atoms with Crippen molar-refractivity contribution in [2.45, 2.75) is 13.0 Å². The Balaban J connectivity index is 1.58. The summed E-state index contributed by atoms with van der Waals surface area (Å²) in [6.45, 7) is 0.656. The van der Waals surface area contributed by atoms with Crippen molar-refractivity contribution >= 4 is 11.8 Å². The van der Waals surface area contributed by atoms with Gasteiger partial charge in [-0.3, -0.25) is 9.59 Å². The maximum atomic E-state index is 14.7. The van der Waals surface area contributed by atoms with Gasteiger partial charge < -0.3 is 10.6 Å². The number of carbonyl (C=O) groups excluding carboxylic acids is 2. The molecule has 1 aliphatic heterocycles. The van der Waals surface area contributed by atoms with Crippen LogP contribution in [0, 0.1) is 11.6 Å². The highest BCUT2D eigenvalue weighted by Crippen LogP contribution is 2.26. The smallest absolute Gasteiger partial charge is 0.257 e. The van der Waals surface area contributed by atoms with Crippen molar-refractivity contribution in [3.63, 3.8) is 0 Å². The SMILES string of the molecule is NC(=O)c1cccc2c1CCN(C(=O)c1ccc(-c3ccc(F)cc3)cc1F)C2. The van der Waals surface area contributed by atoms with E-state index in [9.17, 15) is 18.4 Å². The van der Waals surface area contributed by atoms with Crippen LogP contribution >= 0.6 is 0 Å². The number of halogens is 2. The molecular formula is C23H18F2N2O2. The number of nitrogens with two attached hydrogens (primary N) is 1. The maximum absolute atomic E-state index is 14.7. The van der Waals surface area contributed by atoms with Gasteiger partial charge in [-0.05, 0) is 59.0 Å². The monoisotopic (exact) mass is 392 g/mol. The molecule has 4 nitrogen and oxygen atoms in total. The molecule has 4 rings (SSSR count). The Morgan fingerprint density at radius 3 is 2.31 bits per heavy atom. The third kappa shape index (κ3) is 3.61. The minimum atomic E-state index is -0.631. The van der Waals surface area contributed by atoms with Crippen molar-refractivity contribution in [1.82, 2.24) is 4.90 Å². The van der Waals surface area contributed by atoms with Gasteiger partial charge in [0.25, 0.3) is 5.91 Å². The summed E-state index contributed by atoms with van der Waals surface area (Å²) in [6, 6.07) is 15.3. The van der Waals surface area contributed by atoms with Crippen molar-refractivity contribution in [2.75, 3.05) is 6.54 Å². The first-order valence-electron chi connectivity index (χ1n) is 9.19. The number of fused-ring (bicyclic) bond motifs is 1. The molecule has 2 N–H and O–H groups in total. The second kappa shape index (κ2) is 7.47. The second-order valence-corrected chi connectivity index (χ2v) is 6.99. The molecule has 0 unspecified atom stereocenters. The summed E-state index contributed by atoms with van der Waals surface area (Å²) < 4.78 is 27.8. The summed E-state index contributed by atoms with van der Waals surface area (Å²) in [5, 5.41) is 0. The number of benzene rings is 3. The molecule has 2 amide bonds. The molecule has 146 valence electrons. The van der Waals surface area contributed by atoms with Gasteiger partial charge in [0.05, 0.1) is 5.56 Å². The molecule has 0 bridgehead atoms. The number of rotatable bonds is 3. The third-order valence-electron chi connectivity index (χ3n) is 5.20. The van der Waals surface area contributed by atoms with Crippen LogP contribution in [-0.2, 0) is 13.0 Å². The van der Waals surface area contributed by atoms with E-state index in [2.05, 4.69) is 0 Å². The van der Waals surface area contributed by atoms with Gasteiger partial charge >= 0.3 is 0 Å². The van der Waals surface area contributed by atoms with Crippen LogP contribution in [-0.4, -0.2) is 23.3 Å². The average molecular weight is 392 g/mol. The highest BCUT2D eigenvalue weighted by Gasteiger charge is 2.26. The van der Waals surface area contributed by atoms with E-state index in [0.717, 1.165) is 11.1 Å². The minimum absolute atomic E-state index is 0.0228. The lowest BCUT2D eigenvalue weighted by Crippen LogP contribution is -2.37. The normalized spacial score (nSPS) is 13.1. The second-order valence-electron chi connectivity index (χ2n) is 6.99. The van der Waals surface area contributed by atoms with E-state index in [1.165, 1.54) is 24.3 Å². The van der Waals surface area contributed by atoms with Gasteiger partial charge in [0.2, 0.25) is 5.91 Å². The molecule has 0 aliphatic carbocycles. The number of hydrogen-bond acceptors (Lipinski definition) is 2. The Hall–Kier alpha value is -3.54. The zero-order valence-corrected chi connectivity index (χ0v) is 15.5. The number of primary amides is 1. The van der Waals surface area contributed by atoms with E-state index in [4.69, 9.17) is 5.73 Å². The van der Waals surface area contributed by atoms with Crippen LogP contribution in [0.5, 0.6) is 0 Å². The fraction of sp³-hybridized carbons (Fsp3) is 0.130. The van der Waals surface area contributed by atoms with E-state index in [0.29, 0.717) is 29.7 Å². The van der Waals surface area contributed by atoms with Crippen LogP contribution in [0.15, 0.2) is 60.7 Å². The van der Waals surface area contributed by atoms with Gasteiger partial charge in [0.15, 0.2) is 0 Å². The van der Waals surface area contributed by atoms with Crippen molar-refractivity contribution < 1.29 is 18.4 Å². The van der Waals surface area contributed by atoms with Gasteiger partial charge in [0, 0.05) is 18.7 Å². The van der Waals surface area contributed by atoms with Gasteiger partial charge in [-0.1, -0.05) is 30.3 Å². The highest BCUT2D eigenvalue weighted by molar-refractivity contribution is 5.96. The molecular weight excluding hydrogens is 374 g/mol. The molecule has 0 aromatic heterocycles. The molecule has 0 saturated heterocycles. The van der Waals surface area contributed by atoms with Crippen LogP contribution in [0.25, 0.3) is 11.1 Å². The van der Waals surface area contributed by atoms with Gasteiger partial charge in [-0.25, -0.2) is 8.78 Å². The average Bonchev–Trinajstić information content (AvgIpc) is 2.72. The molecule has 1 heterocycles. The van der Waals surface area contributed by atoms with Gasteiger partial charge in [0.1, 0.15) is 11.6 Å². The minimum Gasteiger partial charge on any atom is -0.366 e. The summed E-state index contributed by atoms with van der Waals surface area (Å²) in [6.07, 6.45) is 0.482. The summed E-state index contributed by atoms with van der Waals surface area (Å²) in [5.74, 6) is -1.91. The predicted molar refractivity (Wildman–Crippen MR) is 105 cm³/mol. The first-order chi connectivity index (χ1) is 13.9. The molecule has 1 aliphatic rings. The lowest BCUT2D eigenvalue weighted by Gasteiger charge is -2.30. The van der Waals surface area contributed by atoms with E-state index in [-0.39, 0.29) is 17.9 Å². The summed E-state index contributed by atoms with van der Waals surface area (Å²) in [5.41, 5.74) is 8.77. The summed E-state index contributed by atoms with van der Waals surface area (Å²) in [7, 11) is 0. The molecule has 6 heteroatoms. The lowest BCUT2D eigenvalue weighted by molar-refractivity contribution is 0.0730. The Labute approximate surface area is 166 Å². The number of amides is 2. The molecule has 3 aromatic carbocycles. The highest BCUT2D eigenvalue weighted by atomic mass is 19.1. The van der Waals surface area contributed by atoms with Crippen molar-refractivity contribution in [2.24, 2.45) is 5.73 Å². The van der Waals surface area contributed by atoms with E-state index >= 15 is 0 Å². The lowest BCUT2D eigenvalue weighted by atomic mass is 9.93. The van der Waals surface area contributed by atoms with Gasteiger partial charge in [-0.15, -0.1) is 0 Å². The number of nitrogens with zero attached hydrogens (tertiary/aromatic N) is 1. The molecule has 3 aromatic rings. The molecule has 0 spiro atoms. The molecule has 0 fully saturated rings. The number of carbonyl (C=O) groups is 2. The zero-order chi connectivity index (χ0) is 20.5. The van der Waals surface area contributed by atoms with Crippen molar-refractivity contribution in [3.05, 3.63) is 94.6 Å². The standard InChI is InChI=1S/C23H18F2N2O2/c24-17-7-4-14(5-8-17)15-6-9-20(21(25)12-15)23(29)27-11-10-18-16(13-27)2-1-3-19(18)22(26)28/h1-9,12H,10-11,13H2,(H2,26,28). The zero-order valence-electron chi connectivity index (χ0n) is 15.5. The topological polar surface area (TPSA) is 63.4 Å². The Morgan fingerprint density at radius 1 is 0.897 bits per heavy atom. The first kappa shape index (κ1) is 18.8. The Kier molecular flexibility index (Phi) is 4.84. The summed E-state index contributed by atoms with van der Waals surface area (Å²) >= 11 is 0. The Morgan fingerprint density at radius 2 is 1.62 bits per heavy atom. The van der Waals surface area contributed by atoms with Crippen LogP contribution in [0.2, 0.25) is 0 Å². The largest absolute Gasteiger partial charge is 0.366 e. The van der Waals surface area contributed by atoms with E-state index in [1.807, 2.05) is 6.07 Å². The molecule has 0 radical (unpaired) electrons. The van der Waals surface area contributed by atoms with E-state index < -0.39 is 17.6 Å². The van der Waals surface area contributed by atoms with E-state index in [1.54, 1.807) is 35.2 Å². The Bertz CT molecular complexity index is 1110. The summed E-state index contributed by atoms with van der Waals surface area (Å²) in [4.78, 5) is 26.0.